The van der Waals surface area contributed by atoms with Gasteiger partial charge in [0, 0.05) is 16.9 Å². The number of primary amides is 1. The molecule has 1 aliphatic heterocycles. The normalized spacial score (nSPS) is 13.1. The van der Waals surface area contributed by atoms with Crippen molar-refractivity contribution in [1.29, 1.82) is 0 Å². The van der Waals surface area contributed by atoms with Crippen LogP contribution in [0, 0.1) is 0 Å². The van der Waals surface area contributed by atoms with Gasteiger partial charge in [-0.2, -0.15) is 13.2 Å². The van der Waals surface area contributed by atoms with E-state index in [9.17, 15) is 22.8 Å². The van der Waals surface area contributed by atoms with Crippen molar-refractivity contribution in [2.45, 2.75) is 19.1 Å². The lowest BCUT2D eigenvalue weighted by molar-refractivity contribution is -0.138. The van der Waals surface area contributed by atoms with Gasteiger partial charge in [-0.3, -0.25) is 9.59 Å². The maximum atomic E-state index is 13.6. The summed E-state index contributed by atoms with van der Waals surface area (Å²) in [5, 5.41) is 5.90. The average molecular weight is 465 g/mol. The third kappa shape index (κ3) is 3.94. The highest BCUT2D eigenvalue weighted by atomic mass is 19.4. The molecular weight excluding hydrogens is 447 g/mol. The molecule has 2 amide bonds. The minimum absolute atomic E-state index is 0.0672. The van der Waals surface area contributed by atoms with Gasteiger partial charge in [0.15, 0.2) is 0 Å². The average Bonchev–Trinajstić information content (AvgIpc) is 3.31. The number of amides is 2. The summed E-state index contributed by atoms with van der Waals surface area (Å²) in [6.45, 7) is -0.119. The van der Waals surface area contributed by atoms with Gasteiger partial charge in [-0.15, -0.1) is 0 Å². The third-order valence-electron chi connectivity index (χ3n) is 5.68. The smallest absolute Gasteiger partial charge is 0.366 e. The summed E-state index contributed by atoms with van der Waals surface area (Å²) in [6, 6.07) is 15.3. The summed E-state index contributed by atoms with van der Waals surface area (Å²) < 4.78 is 42.4. The molecule has 0 bridgehead atoms. The number of hydrogen-bond acceptors (Lipinski definition) is 4. The van der Waals surface area contributed by atoms with Crippen molar-refractivity contribution in [1.82, 2.24) is 9.55 Å². The molecule has 1 aliphatic rings. The number of nitrogens with one attached hydrogen (secondary N) is 2. The van der Waals surface area contributed by atoms with Crippen LogP contribution < -0.4 is 16.4 Å². The summed E-state index contributed by atoms with van der Waals surface area (Å²) >= 11 is 0. The first kappa shape index (κ1) is 21.5. The molecule has 0 radical (unpaired) electrons. The molecule has 0 fully saturated rings. The lowest BCUT2D eigenvalue weighted by Gasteiger charge is -2.16. The number of carbonyl (C=O) groups is 2. The molecule has 5 rings (SSSR count). The minimum atomic E-state index is -4.52. The first-order valence-corrected chi connectivity index (χ1v) is 10.3. The molecule has 0 aliphatic carbocycles. The monoisotopic (exact) mass is 465 g/mol. The van der Waals surface area contributed by atoms with E-state index in [1.807, 2.05) is 0 Å². The van der Waals surface area contributed by atoms with Gasteiger partial charge in [0.2, 0.25) is 17.8 Å². The first-order valence-electron chi connectivity index (χ1n) is 10.3. The van der Waals surface area contributed by atoms with Crippen molar-refractivity contribution >= 4 is 40.2 Å². The number of hydrogen-bond donors (Lipinski definition) is 3. The minimum Gasteiger partial charge on any atom is -0.366 e. The highest BCUT2D eigenvalue weighted by Crippen LogP contribution is 2.34. The van der Waals surface area contributed by atoms with E-state index in [4.69, 9.17) is 5.73 Å². The third-order valence-corrected chi connectivity index (χ3v) is 5.68. The van der Waals surface area contributed by atoms with Crippen LogP contribution in [0.15, 0.2) is 60.7 Å². The number of anilines is 3. The largest absolute Gasteiger partial charge is 0.416 e. The molecule has 0 saturated carbocycles. The standard InChI is InChI=1S/C24H18F3N5O2/c25-24(26,27)17-4-2-1-3-15(17)12-32-20-8-6-14(22(28)34)9-19(20)31-23(32)29-16-7-5-13-10-21(33)30-18(13)11-16/h1-9,11H,10,12H2,(H2,28,34)(H,29,31)(H,30,33). The van der Waals surface area contributed by atoms with Crippen molar-refractivity contribution in [3.63, 3.8) is 0 Å². The van der Waals surface area contributed by atoms with Gasteiger partial charge in [0.25, 0.3) is 0 Å². The number of halogens is 3. The molecule has 3 aromatic carbocycles. The lowest BCUT2D eigenvalue weighted by Crippen LogP contribution is -2.13. The number of nitrogens with zero attached hydrogens (tertiary/aromatic N) is 2. The SMILES string of the molecule is NC(=O)c1ccc2c(c1)nc(Nc1ccc3c(c1)NC(=O)C3)n2Cc1ccccc1C(F)(F)F. The van der Waals surface area contributed by atoms with Crippen LogP contribution in [0.25, 0.3) is 11.0 Å². The number of nitrogens with two attached hydrogens (primary N) is 1. The zero-order valence-corrected chi connectivity index (χ0v) is 17.6. The first-order chi connectivity index (χ1) is 16.2. The van der Waals surface area contributed by atoms with Crippen molar-refractivity contribution in [3.8, 4) is 0 Å². The van der Waals surface area contributed by atoms with Crippen LogP contribution in [-0.2, 0) is 23.9 Å². The molecule has 4 N–H and O–H groups in total. The molecule has 0 unspecified atom stereocenters. The molecule has 10 heteroatoms. The Bertz CT molecular complexity index is 1460. The number of aromatic nitrogens is 2. The summed E-state index contributed by atoms with van der Waals surface area (Å²) in [5.74, 6) is -0.470. The van der Waals surface area contributed by atoms with E-state index in [-0.39, 0.29) is 35.9 Å². The summed E-state index contributed by atoms with van der Waals surface area (Å²) in [6.07, 6.45) is -4.23. The van der Waals surface area contributed by atoms with Crippen LogP contribution in [0.5, 0.6) is 0 Å². The van der Waals surface area contributed by atoms with Gasteiger partial charge in [0.1, 0.15) is 0 Å². The van der Waals surface area contributed by atoms with E-state index in [0.29, 0.717) is 22.4 Å². The molecule has 34 heavy (non-hydrogen) atoms. The molecule has 0 spiro atoms. The van der Waals surface area contributed by atoms with Crippen molar-refractivity contribution < 1.29 is 22.8 Å². The second-order valence-corrected chi connectivity index (χ2v) is 7.97. The fourth-order valence-electron chi connectivity index (χ4n) is 4.06. The second kappa shape index (κ2) is 7.91. The number of rotatable bonds is 5. The highest BCUT2D eigenvalue weighted by molar-refractivity contribution is 6.00. The van der Waals surface area contributed by atoms with E-state index in [0.717, 1.165) is 11.6 Å². The number of benzene rings is 3. The number of carbonyl (C=O) groups excluding carboxylic acids is 2. The highest BCUT2D eigenvalue weighted by Gasteiger charge is 2.33. The van der Waals surface area contributed by atoms with E-state index < -0.39 is 17.6 Å². The molecule has 2 heterocycles. The zero-order valence-electron chi connectivity index (χ0n) is 17.6. The Kier molecular flexibility index (Phi) is 5.00. The molecule has 0 atom stereocenters. The van der Waals surface area contributed by atoms with Gasteiger partial charge in [-0.1, -0.05) is 24.3 Å². The molecule has 172 valence electrons. The van der Waals surface area contributed by atoms with Gasteiger partial charge in [-0.05, 0) is 47.5 Å². The van der Waals surface area contributed by atoms with Crippen LogP contribution in [0.2, 0.25) is 0 Å². The Morgan fingerprint density at radius 2 is 1.91 bits per heavy atom. The number of fused-ring (bicyclic) bond motifs is 2. The van der Waals surface area contributed by atoms with Crippen molar-refractivity contribution in [3.05, 3.63) is 82.9 Å². The zero-order chi connectivity index (χ0) is 24.0. The lowest BCUT2D eigenvalue weighted by atomic mass is 10.1. The van der Waals surface area contributed by atoms with Crippen molar-refractivity contribution in [2.75, 3.05) is 10.6 Å². The molecular formula is C24H18F3N5O2. The molecule has 7 nitrogen and oxygen atoms in total. The molecule has 1 aromatic heterocycles. The summed E-state index contributed by atoms with van der Waals surface area (Å²) in [7, 11) is 0. The van der Waals surface area contributed by atoms with Crippen LogP contribution in [0.4, 0.5) is 30.5 Å². The molecule has 4 aromatic rings. The van der Waals surface area contributed by atoms with E-state index >= 15 is 0 Å². The number of alkyl halides is 3. The van der Waals surface area contributed by atoms with Gasteiger partial charge < -0.3 is 20.9 Å². The Morgan fingerprint density at radius 3 is 2.68 bits per heavy atom. The van der Waals surface area contributed by atoms with Gasteiger partial charge in [-0.25, -0.2) is 4.98 Å². The Labute approximate surface area is 191 Å². The topological polar surface area (TPSA) is 102 Å². The predicted octanol–water partition coefficient (Wildman–Crippen LogP) is 4.44. The Morgan fingerprint density at radius 1 is 1.12 bits per heavy atom. The maximum Gasteiger partial charge on any atom is 0.416 e. The van der Waals surface area contributed by atoms with E-state index in [1.54, 1.807) is 34.9 Å². The van der Waals surface area contributed by atoms with Crippen molar-refractivity contribution in [2.24, 2.45) is 5.73 Å². The van der Waals surface area contributed by atoms with Gasteiger partial charge in [0.05, 0.1) is 29.6 Å². The number of imidazole rings is 1. The summed E-state index contributed by atoms with van der Waals surface area (Å²) in [4.78, 5) is 27.8. The second-order valence-electron chi connectivity index (χ2n) is 7.97. The van der Waals surface area contributed by atoms with Gasteiger partial charge >= 0.3 is 6.18 Å². The molecule has 0 saturated heterocycles. The quantitative estimate of drug-likeness (QED) is 0.406. The summed E-state index contributed by atoms with van der Waals surface area (Å²) in [5.41, 5.74) is 7.98. The van der Waals surface area contributed by atoms with Crippen LogP contribution in [0.1, 0.15) is 27.0 Å². The fourth-order valence-corrected chi connectivity index (χ4v) is 4.06. The maximum absolute atomic E-state index is 13.6. The van der Waals surface area contributed by atoms with Crippen LogP contribution in [-0.4, -0.2) is 21.4 Å². The Hall–Kier alpha value is -4.34. The van der Waals surface area contributed by atoms with E-state index in [2.05, 4.69) is 15.6 Å². The fraction of sp³-hybridized carbons (Fsp3) is 0.125. The Balaban J connectivity index is 1.60. The predicted molar refractivity (Wildman–Crippen MR) is 121 cm³/mol. The van der Waals surface area contributed by atoms with Crippen LogP contribution >= 0.6 is 0 Å². The van der Waals surface area contributed by atoms with Crippen LogP contribution in [0.3, 0.4) is 0 Å². The van der Waals surface area contributed by atoms with E-state index in [1.165, 1.54) is 24.3 Å².